The van der Waals surface area contributed by atoms with Crippen molar-refractivity contribution >= 4 is 88.7 Å². The Morgan fingerprint density at radius 3 is 1.80 bits per heavy atom. The molecule has 3 aliphatic rings. The summed E-state index contributed by atoms with van der Waals surface area (Å²) in [5.41, 5.74) is 19.3. The minimum Gasteiger partial charge on any atom is -0.311 e. The van der Waals surface area contributed by atoms with Crippen LogP contribution < -0.4 is 26.2 Å². The highest BCUT2D eigenvalue weighted by molar-refractivity contribution is 7.25. The summed E-state index contributed by atoms with van der Waals surface area (Å²) in [6, 6.07) is 65.8. The summed E-state index contributed by atoms with van der Waals surface area (Å²) < 4.78 is 2.65. The molecule has 1 aliphatic carbocycles. The lowest BCUT2D eigenvalue weighted by Crippen LogP contribution is -2.61. The van der Waals surface area contributed by atoms with Crippen LogP contribution in [-0.2, 0) is 5.41 Å². The number of anilines is 6. The molecule has 0 bridgehead atoms. The van der Waals surface area contributed by atoms with Crippen molar-refractivity contribution in [3.8, 4) is 22.3 Å². The van der Waals surface area contributed by atoms with E-state index in [-0.39, 0.29) is 12.1 Å². The van der Waals surface area contributed by atoms with Gasteiger partial charge < -0.3 is 9.80 Å². The Bertz CT molecular complexity index is 3050. The smallest absolute Gasteiger partial charge is 0.252 e. The van der Waals surface area contributed by atoms with Crippen LogP contribution in [0.1, 0.15) is 25.0 Å². The van der Waals surface area contributed by atoms with Gasteiger partial charge in [-0.05, 0) is 116 Å². The third-order valence-electron chi connectivity index (χ3n) is 12.5. The van der Waals surface area contributed by atoms with Crippen LogP contribution in [-0.4, -0.2) is 6.71 Å². The number of hydrogen-bond acceptors (Lipinski definition) is 3. The van der Waals surface area contributed by atoms with Gasteiger partial charge in [-0.1, -0.05) is 123 Å². The second-order valence-corrected chi connectivity index (χ2v) is 16.8. The largest absolute Gasteiger partial charge is 0.311 e. The molecule has 0 fully saturated rings. The molecule has 12 rings (SSSR count). The van der Waals surface area contributed by atoms with Gasteiger partial charge in [0.1, 0.15) is 0 Å². The summed E-state index contributed by atoms with van der Waals surface area (Å²) in [4.78, 5) is 4.98. The van der Waals surface area contributed by atoms with Crippen molar-refractivity contribution in [1.29, 1.82) is 0 Å². The Balaban J connectivity index is 1.00. The van der Waals surface area contributed by atoms with Crippen LogP contribution in [0.5, 0.6) is 0 Å². The first kappa shape index (κ1) is 31.0. The number of hydrogen-bond donors (Lipinski definition) is 0. The van der Waals surface area contributed by atoms with Gasteiger partial charge in [-0.25, -0.2) is 0 Å². The lowest BCUT2D eigenvalue weighted by molar-refractivity contribution is 0.660. The predicted octanol–water partition coefficient (Wildman–Crippen LogP) is 12.1. The SMILES string of the molecule is CC1(C)c2ccccc2-c2ccc(-c3ccc(N4c5ccccc5B5c6ccccc6N(c6ccc7sc8ccccc8c7c6)c6cccc4c65)cc3)cc21. The van der Waals surface area contributed by atoms with Gasteiger partial charge in [0.25, 0.3) is 6.71 Å². The second-order valence-electron chi connectivity index (χ2n) is 15.7. The molecule has 0 saturated heterocycles. The topological polar surface area (TPSA) is 6.48 Å². The molecular weight excluding hydrogens is 683 g/mol. The maximum atomic E-state index is 2.50. The number of nitrogens with zero attached hydrogens (tertiary/aromatic N) is 2. The highest BCUT2D eigenvalue weighted by Gasteiger charge is 2.43. The van der Waals surface area contributed by atoms with Crippen molar-refractivity contribution in [3.05, 3.63) is 187 Å². The van der Waals surface area contributed by atoms with Crippen LogP contribution in [0, 0.1) is 0 Å². The van der Waals surface area contributed by atoms with E-state index >= 15 is 0 Å². The normalized spacial score (nSPS) is 14.4. The van der Waals surface area contributed by atoms with Crippen LogP contribution >= 0.6 is 11.3 Å². The predicted molar refractivity (Wildman–Crippen MR) is 236 cm³/mol. The molecule has 4 heteroatoms. The minimum atomic E-state index is -0.0297. The molecular formula is C51H35BN2S. The van der Waals surface area contributed by atoms with Gasteiger partial charge in [-0.2, -0.15) is 0 Å². The molecule has 0 amide bonds. The third-order valence-corrected chi connectivity index (χ3v) is 13.6. The van der Waals surface area contributed by atoms with Gasteiger partial charge in [-0.3, -0.25) is 0 Å². The zero-order valence-electron chi connectivity index (χ0n) is 30.6. The van der Waals surface area contributed by atoms with Crippen molar-refractivity contribution in [1.82, 2.24) is 0 Å². The van der Waals surface area contributed by atoms with Crippen molar-refractivity contribution in [3.63, 3.8) is 0 Å². The van der Waals surface area contributed by atoms with E-state index in [9.17, 15) is 0 Å². The summed E-state index contributed by atoms with van der Waals surface area (Å²) in [7, 11) is 0. The fourth-order valence-electron chi connectivity index (χ4n) is 9.93. The maximum absolute atomic E-state index is 2.50. The van der Waals surface area contributed by atoms with Crippen LogP contribution in [0.25, 0.3) is 42.4 Å². The van der Waals surface area contributed by atoms with Crippen LogP contribution in [0.3, 0.4) is 0 Å². The average Bonchev–Trinajstić information content (AvgIpc) is 3.72. The van der Waals surface area contributed by atoms with Gasteiger partial charge in [0.2, 0.25) is 0 Å². The first-order valence-electron chi connectivity index (χ1n) is 19.2. The van der Waals surface area contributed by atoms with E-state index in [1.807, 2.05) is 11.3 Å². The Morgan fingerprint density at radius 2 is 1.02 bits per heavy atom. The summed E-state index contributed by atoms with van der Waals surface area (Å²) in [6.07, 6.45) is 0. The number of benzene rings is 8. The number of para-hydroxylation sites is 2. The van der Waals surface area contributed by atoms with Crippen molar-refractivity contribution in [2.75, 3.05) is 9.80 Å². The Labute approximate surface area is 325 Å². The zero-order valence-corrected chi connectivity index (χ0v) is 31.4. The van der Waals surface area contributed by atoms with Gasteiger partial charge in [0.05, 0.1) is 0 Å². The molecule has 2 aliphatic heterocycles. The molecule has 9 aromatic rings. The summed E-state index contributed by atoms with van der Waals surface area (Å²) >= 11 is 1.87. The minimum absolute atomic E-state index is 0.0297. The van der Waals surface area contributed by atoms with Crippen molar-refractivity contribution in [2.24, 2.45) is 0 Å². The molecule has 0 radical (unpaired) electrons. The summed E-state index contributed by atoms with van der Waals surface area (Å²) in [5, 5.41) is 2.63. The van der Waals surface area contributed by atoms with Gasteiger partial charge in [0.15, 0.2) is 0 Å². The standard InChI is InChI=1S/C51H35BN2S/c1-51(2)40-14-5-3-12-36(40)37-28-24-33(30-41(37)51)32-22-25-34(26-23-32)53-44-17-8-6-15-42(44)52-43-16-7-9-18-45(43)54(47-20-11-19-46(53)50(47)52)35-27-29-49-39(31-35)38-13-4-10-21-48(38)55-49/h3-31H,1-2H3. The Kier molecular flexibility index (Phi) is 6.40. The second kappa shape index (κ2) is 11.3. The molecule has 1 aromatic heterocycles. The van der Waals surface area contributed by atoms with Crippen LogP contribution in [0.2, 0.25) is 0 Å². The fraction of sp³-hybridized carbons (Fsp3) is 0.0588. The van der Waals surface area contributed by atoms with E-state index in [0.717, 1.165) is 5.69 Å². The monoisotopic (exact) mass is 718 g/mol. The molecule has 0 unspecified atom stereocenters. The van der Waals surface area contributed by atoms with Crippen LogP contribution in [0.4, 0.5) is 34.1 Å². The molecule has 0 saturated carbocycles. The molecule has 3 heterocycles. The van der Waals surface area contributed by atoms with E-state index in [2.05, 4.69) is 200 Å². The quantitative estimate of drug-likeness (QED) is 0.168. The van der Waals surface area contributed by atoms with Gasteiger partial charge in [0, 0.05) is 59.7 Å². The Hall–Kier alpha value is -6.36. The van der Waals surface area contributed by atoms with Crippen molar-refractivity contribution in [2.45, 2.75) is 19.3 Å². The molecule has 0 N–H and O–H groups in total. The number of fused-ring (bicyclic) bond motifs is 10. The lowest BCUT2D eigenvalue weighted by atomic mass is 9.33. The third kappa shape index (κ3) is 4.32. The fourth-order valence-corrected chi connectivity index (χ4v) is 11.0. The van der Waals surface area contributed by atoms with E-state index in [0.29, 0.717) is 0 Å². The molecule has 2 nitrogen and oxygen atoms in total. The van der Waals surface area contributed by atoms with Crippen molar-refractivity contribution < 1.29 is 0 Å². The molecule has 258 valence electrons. The van der Waals surface area contributed by atoms with Crippen LogP contribution in [0.15, 0.2) is 176 Å². The highest BCUT2D eigenvalue weighted by Crippen LogP contribution is 2.50. The molecule has 8 aromatic carbocycles. The van der Waals surface area contributed by atoms with Gasteiger partial charge >= 0.3 is 0 Å². The number of thiophene rings is 1. The molecule has 55 heavy (non-hydrogen) atoms. The molecule has 0 spiro atoms. The highest BCUT2D eigenvalue weighted by atomic mass is 32.1. The maximum Gasteiger partial charge on any atom is 0.252 e. The molecule has 0 atom stereocenters. The first-order valence-corrected chi connectivity index (χ1v) is 20.0. The van der Waals surface area contributed by atoms with E-state index < -0.39 is 0 Å². The first-order chi connectivity index (χ1) is 27.0. The summed E-state index contributed by atoms with van der Waals surface area (Å²) in [6.45, 7) is 4.83. The lowest BCUT2D eigenvalue weighted by Gasteiger charge is -2.44. The summed E-state index contributed by atoms with van der Waals surface area (Å²) in [5.74, 6) is 0. The zero-order chi connectivity index (χ0) is 36.4. The number of rotatable bonds is 3. The van der Waals surface area contributed by atoms with E-state index in [1.54, 1.807) is 0 Å². The average molecular weight is 719 g/mol. The van der Waals surface area contributed by atoms with E-state index in [1.165, 1.54) is 98.4 Å². The Morgan fingerprint density at radius 1 is 0.436 bits per heavy atom. The van der Waals surface area contributed by atoms with E-state index in [4.69, 9.17) is 0 Å². The van der Waals surface area contributed by atoms with Gasteiger partial charge in [-0.15, -0.1) is 11.3 Å².